The molecule has 0 spiro atoms. The van der Waals surface area contributed by atoms with E-state index in [1.54, 1.807) is 36.5 Å². The molecule has 0 unspecified atom stereocenters. The zero-order valence-electron chi connectivity index (χ0n) is 18.0. The number of carbonyl (C=O) groups is 2. The van der Waals surface area contributed by atoms with Crippen LogP contribution in [0.15, 0.2) is 71.8 Å². The molecular weight excluding hydrogens is 454 g/mol. The van der Waals surface area contributed by atoms with Gasteiger partial charge in [-0.3, -0.25) is 13.9 Å². The molecule has 8 nitrogen and oxygen atoms in total. The standard InChI is InChI=1S/C25H19N3O5S/c26-12-5-13-27-14-19(18-8-1-2-9-20(18)27)22(29)16-33-24(30)15-28-21-10-3-6-17-7-4-11-23(25(17)21)34(28,31)32/h1-4,6-11,14H,5,13,15-16H2. The molecule has 0 saturated carbocycles. The van der Waals surface area contributed by atoms with Crippen LogP contribution in [-0.2, 0) is 26.1 Å². The minimum Gasteiger partial charge on any atom is -0.456 e. The molecule has 0 saturated heterocycles. The number of nitriles is 1. The van der Waals surface area contributed by atoms with E-state index in [4.69, 9.17) is 10.00 Å². The summed E-state index contributed by atoms with van der Waals surface area (Å²) in [6, 6.07) is 19.5. The first-order chi connectivity index (χ1) is 16.4. The van der Waals surface area contributed by atoms with E-state index in [9.17, 15) is 18.0 Å². The van der Waals surface area contributed by atoms with Gasteiger partial charge < -0.3 is 9.30 Å². The maximum Gasteiger partial charge on any atom is 0.327 e. The van der Waals surface area contributed by atoms with Gasteiger partial charge in [-0.1, -0.05) is 42.5 Å². The summed E-state index contributed by atoms with van der Waals surface area (Å²) in [7, 11) is -3.90. The highest BCUT2D eigenvalue weighted by molar-refractivity contribution is 7.93. The molecule has 0 radical (unpaired) electrons. The third-order valence-corrected chi connectivity index (χ3v) is 7.67. The number of carbonyl (C=O) groups excluding carboxylic acids is 2. The van der Waals surface area contributed by atoms with Gasteiger partial charge in [0.2, 0.25) is 5.78 Å². The van der Waals surface area contributed by atoms with Crippen molar-refractivity contribution in [1.82, 2.24) is 4.57 Å². The van der Waals surface area contributed by atoms with Crippen LogP contribution in [-0.4, -0.2) is 37.9 Å². The molecule has 5 rings (SSSR count). The molecule has 0 N–H and O–H groups in total. The molecule has 170 valence electrons. The lowest BCUT2D eigenvalue weighted by atomic mass is 10.1. The number of aromatic nitrogens is 1. The van der Waals surface area contributed by atoms with E-state index >= 15 is 0 Å². The Morgan fingerprint density at radius 1 is 1.00 bits per heavy atom. The summed E-state index contributed by atoms with van der Waals surface area (Å²) in [5, 5.41) is 10.9. The van der Waals surface area contributed by atoms with Gasteiger partial charge in [0.1, 0.15) is 6.54 Å². The van der Waals surface area contributed by atoms with Gasteiger partial charge in [0, 0.05) is 34.6 Å². The normalized spacial score (nSPS) is 13.8. The maximum absolute atomic E-state index is 13.0. The number of Topliss-reactive ketones (excluding diaryl/α,β-unsaturated/α-hetero) is 1. The number of benzene rings is 3. The van der Waals surface area contributed by atoms with Crippen LogP contribution < -0.4 is 4.31 Å². The Labute approximate surface area is 195 Å². The number of hydrogen-bond acceptors (Lipinski definition) is 6. The Morgan fingerprint density at radius 2 is 1.76 bits per heavy atom. The number of esters is 1. The van der Waals surface area contributed by atoms with Crippen LogP contribution in [0.25, 0.3) is 21.7 Å². The Hall–Kier alpha value is -4.16. The fourth-order valence-electron chi connectivity index (χ4n) is 4.34. The van der Waals surface area contributed by atoms with Gasteiger partial charge in [-0.05, 0) is 23.6 Å². The average Bonchev–Trinajstić information content (AvgIpc) is 3.31. The lowest BCUT2D eigenvalue weighted by Gasteiger charge is -2.17. The largest absolute Gasteiger partial charge is 0.456 e. The van der Waals surface area contributed by atoms with Crippen LogP contribution in [0.3, 0.4) is 0 Å². The first kappa shape index (κ1) is 21.7. The highest BCUT2D eigenvalue weighted by Gasteiger charge is 2.37. The Morgan fingerprint density at radius 3 is 2.56 bits per heavy atom. The minimum atomic E-state index is -3.90. The van der Waals surface area contributed by atoms with E-state index in [2.05, 4.69) is 6.07 Å². The molecular formula is C25H19N3O5S. The number of hydrogen-bond donors (Lipinski definition) is 0. The highest BCUT2D eigenvalue weighted by atomic mass is 32.2. The summed E-state index contributed by atoms with van der Waals surface area (Å²) in [6.07, 6.45) is 1.95. The first-order valence-corrected chi connectivity index (χ1v) is 12.0. The molecule has 4 aromatic rings. The van der Waals surface area contributed by atoms with Crippen molar-refractivity contribution in [3.8, 4) is 6.07 Å². The number of aryl methyl sites for hydroxylation is 1. The van der Waals surface area contributed by atoms with Crippen molar-refractivity contribution in [2.45, 2.75) is 17.9 Å². The highest BCUT2D eigenvalue weighted by Crippen LogP contribution is 2.41. The quantitative estimate of drug-likeness (QED) is 0.299. The van der Waals surface area contributed by atoms with Gasteiger partial charge >= 0.3 is 5.97 Å². The Balaban J connectivity index is 1.33. The number of ether oxygens (including phenoxy) is 1. The second-order valence-electron chi connectivity index (χ2n) is 7.89. The lowest BCUT2D eigenvalue weighted by molar-refractivity contribution is -0.140. The number of ketones is 1. The van der Waals surface area contributed by atoms with Gasteiger partial charge in [-0.15, -0.1) is 0 Å². The molecule has 1 aliphatic heterocycles. The molecule has 9 heteroatoms. The first-order valence-electron chi connectivity index (χ1n) is 10.6. The van der Waals surface area contributed by atoms with E-state index in [0.29, 0.717) is 35.0 Å². The summed E-state index contributed by atoms with van der Waals surface area (Å²) in [5.74, 6) is -1.23. The van der Waals surface area contributed by atoms with Crippen LogP contribution in [0.2, 0.25) is 0 Å². The molecule has 0 bridgehead atoms. The molecule has 34 heavy (non-hydrogen) atoms. The summed E-state index contributed by atoms with van der Waals surface area (Å²) in [5.41, 5.74) is 1.60. The van der Waals surface area contributed by atoms with Gasteiger partial charge in [0.25, 0.3) is 10.0 Å². The number of rotatable bonds is 7. The smallest absolute Gasteiger partial charge is 0.327 e. The Kier molecular flexibility index (Phi) is 5.30. The fourth-order valence-corrected chi connectivity index (χ4v) is 5.99. The molecule has 1 aliphatic rings. The predicted octanol–water partition coefficient (Wildman–Crippen LogP) is 3.64. The van der Waals surface area contributed by atoms with E-state index in [-0.39, 0.29) is 4.90 Å². The monoisotopic (exact) mass is 473 g/mol. The topological polar surface area (TPSA) is 109 Å². The molecule has 3 aromatic carbocycles. The van der Waals surface area contributed by atoms with Crippen LogP contribution in [0.5, 0.6) is 0 Å². The number of nitrogens with zero attached hydrogens (tertiary/aromatic N) is 3. The second kappa shape index (κ2) is 8.32. The number of sulfonamides is 1. The van der Waals surface area contributed by atoms with Crippen molar-refractivity contribution in [3.05, 3.63) is 72.4 Å². The molecule has 0 aliphatic carbocycles. The molecule has 1 aromatic heterocycles. The molecule has 2 heterocycles. The van der Waals surface area contributed by atoms with E-state index < -0.39 is 34.9 Å². The number of fused-ring (bicyclic) bond motifs is 1. The minimum absolute atomic E-state index is 0.148. The third kappa shape index (κ3) is 3.49. The molecule has 0 amide bonds. The summed E-state index contributed by atoms with van der Waals surface area (Å²) >= 11 is 0. The zero-order chi connectivity index (χ0) is 23.9. The van der Waals surface area contributed by atoms with Gasteiger partial charge in [0.15, 0.2) is 6.61 Å². The van der Waals surface area contributed by atoms with E-state index in [1.165, 1.54) is 6.07 Å². The van der Waals surface area contributed by atoms with Crippen LogP contribution in [0.4, 0.5) is 5.69 Å². The van der Waals surface area contributed by atoms with E-state index in [1.807, 2.05) is 28.8 Å². The number of anilines is 1. The average molecular weight is 474 g/mol. The van der Waals surface area contributed by atoms with Gasteiger partial charge in [0.05, 0.1) is 23.1 Å². The van der Waals surface area contributed by atoms with Crippen LogP contribution in [0, 0.1) is 11.3 Å². The zero-order valence-corrected chi connectivity index (χ0v) is 18.8. The van der Waals surface area contributed by atoms with Crippen LogP contribution >= 0.6 is 0 Å². The molecule has 0 atom stereocenters. The Bertz CT molecular complexity index is 1610. The number of para-hydroxylation sites is 1. The van der Waals surface area contributed by atoms with E-state index in [0.717, 1.165) is 15.2 Å². The summed E-state index contributed by atoms with van der Waals surface area (Å²) < 4.78 is 34.1. The van der Waals surface area contributed by atoms with Crippen LogP contribution in [0.1, 0.15) is 16.8 Å². The van der Waals surface area contributed by atoms with Crippen molar-refractivity contribution in [1.29, 1.82) is 5.26 Å². The summed E-state index contributed by atoms with van der Waals surface area (Å²) in [4.78, 5) is 25.6. The second-order valence-corrected chi connectivity index (χ2v) is 9.72. The van der Waals surface area contributed by atoms with Crippen molar-refractivity contribution in [3.63, 3.8) is 0 Å². The molecule has 0 fully saturated rings. The third-order valence-electron chi connectivity index (χ3n) is 5.87. The maximum atomic E-state index is 13.0. The lowest BCUT2D eigenvalue weighted by Crippen LogP contribution is -2.34. The van der Waals surface area contributed by atoms with Gasteiger partial charge in [-0.25, -0.2) is 8.42 Å². The van der Waals surface area contributed by atoms with Crippen molar-refractivity contribution in [2.75, 3.05) is 17.5 Å². The summed E-state index contributed by atoms with van der Waals surface area (Å²) in [6.45, 7) is -0.619. The van der Waals surface area contributed by atoms with Gasteiger partial charge in [-0.2, -0.15) is 5.26 Å². The van der Waals surface area contributed by atoms with Crippen molar-refractivity contribution in [2.24, 2.45) is 0 Å². The predicted molar refractivity (Wildman–Crippen MR) is 126 cm³/mol. The SMILES string of the molecule is N#CCCn1cc(C(=O)COC(=O)CN2c3cccc4cccc(c34)S2(=O)=O)c2ccccc21. The van der Waals surface area contributed by atoms with Crippen molar-refractivity contribution < 1.29 is 22.7 Å². The fraction of sp³-hybridized carbons (Fsp3) is 0.160. The van der Waals surface area contributed by atoms with Crippen molar-refractivity contribution >= 4 is 49.1 Å².